The van der Waals surface area contributed by atoms with Gasteiger partial charge in [0.25, 0.3) is 11.5 Å². The maximum Gasteiger partial charge on any atom is 0.421 e. The lowest BCUT2D eigenvalue weighted by Crippen LogP contribution is -2.36. The molecular formula is C15H20F3N3O3. The largest absolute Gasteiger partial charge is 0.421 e. The van der Waals surface area contributed by atoms with Crippen LogP contribution in [0.1, 0.15) is 22.3 Å². The third-order valence-electron chi connectivity index (χ3n) is 3.94. The summed E-state index contributed by atoms with van der Waals surface area (Å²) in [7, 11) is 1.61. The number of nitrogens with zero attached hydrogens (tertiary/aromatic N) is 2. The minimum atomic E-state index is -4.79. The van der Waals surface area contributed by atoms with E-state index in [0.717, 1.165) is 25.7 Å². The Kier molecular flexibility index (Phi) is 6.00. The van der Waals surface area contributed by atoms with Crippen LogP contribution in [0.3, 0.4) is 0 Å². The monoisotopic (exact) mass is 347 g/mol. The van der Waals surface area contributed by atoms with Gasteiger partial charge in [-0.2, -0.15) is 13.2 Å². The molecular weight excluding hydrogens is 327 g/mol. The van der Waals surface area contributed by atoms with E-state index in [0.29, 0.717) is 32.3 Å². The van der Waals surface area contributed by atoms with Gasteiger partial charge in [0.05, 0.1) is 12.2 Å². The highest BCUT2D eigenvalue weighted by molar-refractivity contribution is 5.94. The molecule has 0 unspecified atom stereocenters. The molecule has 0 aromatic carbocycles. The minimum absolute atomic E-state index is 0.160. The summed E-state index contributed by atoms with van der Waals surface area (Å²) in [4.78, 5) is 29.4. The van der Waals surface area contributed by atoms with E-state index in [2.05, 4.69) is 4.90 Å². The third-order valence-corrected chi connectivity index (χ3v) is 3.94. The van der Waals surface area contributed by atoms with Gasteiger partial charge in [0, 0.05) is 39.5 Å². The maximum atomic E-state index is 12.8. The number of hydrogen-bond acceptors (Lipinski definition) is 4. The fourth-order valence-electron chi connectivity index (χ4n) is 2.62. The van der Waals surface area contributed by atoms with Crippen LogP contribution in [0.25, 0.3) is 0 Å². The molecule has 1 saturated heterocycles. The van der Waals surface area contributed by atoms with E-state index in [1.54, 1.807) is 7.11 Å². The molecule has 1 aliphatic rings. The Morgan fingerprint density at radius 1 is 1.29 bits per heavy atom. The number of alkyl halides is 3. The second-order valence-corrected chi connectivity index (χ2v) is 5.61. The van der Waals surface area contributed by atoms with Crippen molar-refractivity contribution >= 4 is 5.91 Å². The molecule has 1 aromatic heterocycles. The summed E-state index contributed by atoms with van der Waals surface area (Å²) < 4.78 is 43.4. The van der Waals surface area contributed by atoms with Gasteiger partial charge in [-0.1, -0.05) is 0 Å². The van der Waals surface area contributed by atoms with Gasteiger partial charge in [-0.3, -0.25) is 14.5 Å². The van der Waals surface area contributed by atoms with Gasteiger partial charge in [-0.25, -0.2) is 0 Å². The van der Waals surface area contributed by atoms with Crippen molar-refractivity contribution in [2.75, 3.05) is 46.4 Å². The Bertz CT molecular complexity index is 630. The SMILES string of the molecule is COCCN1CCCN(C(=O)c2c[nH]c(=O)c(C(F)(F)F)c2)CC1. The second-order valence-electron chi connectivity index (χ2n) is 5.61. The summed E-state index contributed by atoms with van der Waals surface area (Å²) >= 11 is 0. The molecule has 1 amide bonds. The van der Waals surface area contributed by atoms with Crippen molar-refractivity contribution in [3.8, 4) is 0 Å². The number of hydrogen-bond donors (Lipinski definition) is 1. The van der Waals surface area contributed by atoms with Crippen molar-refractivity contribution in [1.82, 2.24) is 14.8 Å². The van der Waals surface area contributed by atoms with Gasteiger partial charge in [0.2, 0.25) is 0 Å². The number of carbonyl (C=O) groups is 1. The predicted octanol–water partition coefficient (Wildman–Crippen LogP) is 1.19. The molecule has 0 saturated carbocycles. The molecule has 2 heterocycles. The highest BCUT2D eigenvalue weighted by Gasteiger charge is 2.35. The number of amides is 1. The molecule has 0 spiro atoms. The molecule has 2 rings (SSSR count). The van der Waals surface area contributed by atoms with E-state index in [-0.39, 0.29) is 5.56 Å². The quantitative estimate of drug-likeness (QED) is 0.889. The van der Waals surface area contributed by atoms with E-state index in [4.69, 9.17) is 4.74 Å². The molecule has 24 heavy (non-hydrogen) atoms. The Labute approximate surface area is 137 Å². The average Bonchev–Trinajstić information content (AvgIpc) is 2.77. The van der Waals surface area contributed by atoms with E-state index in [1.165, 1.54) is 4.90 Å². The van der Waals surface area contributed by atoms with Crippen molar-refractivity contribution in [3.05, 3.63) is 33.7 Å². The Morgan fingerprint density at radius 2 is 2.04 bits per heavy atom. The first-order valence-electron chi connectivity index (χ1n) is 7.63. The van der Waals surface area contributed by atoms with Crippen LogP contribution in [0, 0.1) is 0 Å². The van der Waals surface area contributed by atoms with E-state index in [9.17, 15) is 22.8 Å². The summed E-state index contributed by atoms with van der Waals surface area (Å²) in [6.07, 6.45) is -3.03. The standard InChI is InChI=1S/C15H20F3N3O3/c1-24-8-7-20-3-2-4-21(6-5-20)14(23)11-9-12(15(16,17)18)13(22)19-10-11/h9-10H,2-8H2,1H3,(H,19,22). The zero-order chi connectivity index (χ0) is 17.7. The first kappa shape index (κ1) is 18.5. The van der Waals surface area contributed by atoms with E-state index < -0.39 is 23.2 Å². The highest BCUT2D eigenvalue weighted by atomic mass is 19.4. The fraction of sp³-hybridized carbons (Fsp3) is 0.600. The average molecular weight is 347 g/mol. The van der Waals surface area contributed by atoms with Crippen LogP contribution >= 0.6 is 0 Å². The molecule has 1 N–H and O–H groups in total. The summed E-state index contributed by atoms with van der Waals surface area (Å²) in [5.74, 6) is -0.509. The number of pyridine rings is 1. The first-order chi connectivity index (χ1) is 11.3. The molecule has 1 aliphatic heterocycles. The number of ether oxygens (including phenoxy) is 1. The molecule has 6 nitrogen and oxygen atoms in total. The smallest absolute Gasteiger partial charge is 0.383 e. The normalized spacial score (nSPS) is 16.9. The number of rotatable bonds is 4. The zero-order valence-corrected chi connectivity index (χ0v) is 13.4. The van der Waals surface area contributed by atoms with E-state index >= 15 is 0 Å². The summed E-state index contributed by atoms with van der Waals surface area (Å²) in [5.41, 5.74) is -2.77. The predicted molar refractivity (Wildman–Crippen MR) is 80.9 cm³/mol. The highest BCUT2D eigenvalue weighted by Crippen LogP contribution is 2.26. The molecule has 134 valence electrons. The second kappa shape index (κ2) is 7.80. The molecule has 0 aliphatic carbocycles. The maximum absolute atomic E-state index is 12.8. The van der Waals surface area contributed by atoms with Gasteiger partial charge in [-0.15, -0.1) is 0 Å². The summed E-state index contributed by atoms with van der Waals surface area (Å²) in [5, 5.41) is 0. The molecule has 0 bridgehead atoms. The number of methoxy groups -OCH3 is 1. The zero-order valence-electron chi connectivity index (χ0n) is 13.4. The van der Waals surface area contributed by atoms with Crippen molar-refractivity contribution in [1.29, 1.82) is 0 Å². The lowest BCUT2D eigenvalue weighted by atomic mass is 10.1. The Hall–Kier alpha value is -1.87. The summed E-state index contributed by atoms with van der Waals surface area (Å²) in [6, 6.07) is 0.620. The van der Waals surface area contributed by atoms with Gasteiger partial charge in [-0.05, 0) is 19.0 Å². The minimum Gasteiger partial charge on any atom is -0.383 e. The Balaban J connectivity index is 2.10. The van der Waals surface area contributed by atoms with Crippen molar-refractivity contribution in [2.45, 2.75) is 12.6 Å². The van der Waals surface area contributed by atoms with Crippen LogP contribution in [-0.4, -0.2) is 67.1 Å². The molecule has 1 aromatic rings. The van der Waals surface area contributed by atoms with Crippen molar-refractivity contribution in [2.24, 2.45) is 0 Å². The van der Waals surface area contributed by atoms with Crippen LogP contribution in [0.15, 0.2) is 17.1 Å². The van der Waals surface area contributed by atoms with E-state index in [1.807, 2.05) is 4.98 Å². The third kappa shape index (κ3) is 4.57. The molecule has 0 radical (unpaired) electrons. The lowest BCUT2D eigenvalue weighted by Gasteiger charge is -2.22. The van der Waals surface area contributed by atoms with Crippen molar-refractivity contribution < 1.29 is 22.7 Å². The number of aromatic amines is 1. The summed E-state index contributed by atoms with van der Waals surface area (Å²) in [6.45, 7) is 3.64. The lowest BCUT2D eigenvalue weighted by molar-refractivity contribution is -0.138. The van der Waals surface area contributed by atoms with Gasteiger partial charge in [0.15, 0.2) is 0 Å². The van der Waals surface area contributed by atoms with Gasteiger partial charge >= 0.3 is 6.18 Å². The van der Waals surface area contributed by atoms with Crippen LogP contribution < -0.4 is 5.56 Å². The molecule has 1 fully saturated rings. The number of halogens is 3. The van der Waals surface area contributed by atoms with Crippen LogP contribution in [0.5, 0.6) is 0 Å². The van der Waals surface area contributed by atoms with Gasteiger partial charge in [0.1, 0.15) is 5.56 Å². The number of H-pyrrole nitrogens is 1. The van der Waals surface area contributed by atoms with Crippen LogP contribution in [0.2, 0.25) is 0 Å². The molecule has 0 atom stereocenters. The number of aromatic nitrogens is 1. The van der Waals surface area contributed by atoms with Crippen LogP contribution in [-0.2, 0) is 10.9 Å². The topological polar surface area (TPSA) is 65.6 Å². The van der Waals surface area contributed by atoms with Crippen molar-refractivity contribution in [3.63, 3.8) is 0 Å². The van der Waals surface area contributed by atoms with Crippen LogP contribution in [0.4, 0.5) is 13.2 Å². The fourth-order valence-corrected chi connectivity index (χ4v) is 2.62. The number of nitrogens with one attached hydrogen (secondary N) is 1. The number of carbonyl (C=O) groups excluding carboxylic acids is 1. The van der Waals surface area contributed by atoms with Gasteiger partial charge < -0.3 is 14.6 Å². The Morgan fingerprint density at radius 3 is 2.71 bits per heavy atom. The molecule has 9 heteroatoms. The first-order valence-corrected chi connectivity index (χ1v) is 7.63.